The van der Waals surface area contributed by atoms with E-state index in [0.717, 1.165) is 32.7 Å². The maximum absolute atomic E-state index is 12.9. The van der Waals surface area contributed by atoms with Crippen LogP contribution in [-0.4, -0.2) is 26.9 Å². The highest BCUT2D eigenvalue weighted by molar-refractivity contribution is 7.17. The highest BCUT2D eigenvalue weighted by atomic mass is 32.1. The van der Waals surface area contributed by atoms with Crippen LogP contribution in [0.2, 0.25) is 0 Å². The molecule has 5 nitrogen and oxygen atoms in total. The number of nitrogens with zero attached hydrogens (tertiary/aromatic N) is 3. The van der Waals surface area contributed by atoms with Gasteiger partial charge in [0.1, 0.15) is 11.2 Å². The van der Waals surface area contributed by atoms with Crippen molar-refractivity contribution in [1.82, 2.24) is 14.5 Å². The Balaban J connectivity index is 1.63. The number of aromatic nitrogens is 3. The van der Waals surface area contributed by atoms with Crippen molar-refractivity contribution in [2.75, 3.05) is 6.61 Å². The smallest absolute Gasteiger partial charge is 0.226 e. The van der Waals surface area contributed by atoms with Gasteiger partial charge in [0.15, 0.2) is 6.61 Å². The first-order valence-electron chi connectivity index (χ1n) is 9.72. The molecule has 0 amide bonds. The molecule has 1 aromatic carbocycles. The van der Waals surface area contributed by atoms with Crippen LogP contribution >= 0.6 is 11.3 Å². The largest absolute Gasteiger partial charge is 0.469 e. The van der Waals surface area contributed by atoms with Crippen molar-refractivity contribution in [1.29, 1.82) is 0 Å². The predicted molar refractivity (Wildman–Crippen MR) is 122 cm³/mol. The lowest BCUT2D eigenvalue weighted by atomic mass is 10.0. The Hall–Kier alpha value is -3.25. The van der Waals surface area contributed by atoms with Gasteiger partial charge < -0.3 is 9.30 Å². The first-order valence-corrected chi connectivity index (χ1v) is 10.6. The summed E-state index contributed by atoms with van der Waals surface area (Å²) in [6.07, 6.45) is 3.30. The van der Waals surface area contributed by atoms with E-state index >= 15 is 0 Å². The molecule has 6 heteroatoms. The van der Waals surface area contributed by atoms with Crippen LogP contribution in [-0.2, 0) is 6.54 Å². The van der Waals surface area contributed by atoms with E-state index in [9.17, 15) is 4.79 Å². The Kier molecular flexibility index (Phi) is 5.50. The minimum absolute atomic E-state index is 0.0720. The molecule has 152 valence electrons. The summed E-state index contributed by atoms with van der Waals surface area (Å²) < 4.78 is 7.99. The van der Waals surface area contributed by atoms with E-state index in [1.807, 2.05) is 26.0 Å². The summed E-state index contributed by atoms with van der Waals surface area (Å²) in [4.78, 5) is 22.4. The van der Waals surface area contributed by atoms with Gasteiger partial charge in [-0.15, -0.1) is 17.9 Å². The van der Waals surface area contributed by atoms with Crippen LogP contribution in [0.5, 0.6) is 5.88 Å². The molecule has 0 aliphatic carbocycles. The van der Waals surface area contributed by atoms with Crippen molar-refractivity contribution in [3.8, 4) is 17.0 Å². The van der Waals surface area contributed by atoms with Gasteiger partial charge in [0.25, 0.3) is 0 Å². The third-order valence-corrected chi connectivity index (χ3v) is 6.11. The molecule has 0 aliphatic rings. The molecule has 0 unspecified atom stereocenters. The third-order valence-electron chi connectivity index (χ3n) is 5.22. The van der Waals surface area contributed by atoms with Crippen LogP contribution in [0.15, 0.2) is 54.7 Å². The molecule has 0 atom stereocenters. The molecule has 4 rings (SSSR count). The second-order valence-corrected chi connectivity index (χ2v) is 8.13. The molecule has 0 aliphatic heterocycles. The molecule has 0 saturated heterocycles. The van der Waals surface area contributed by atoms with E-state index in [1.54, 1.807) is 11.3 Å². The van der Waals surface area contributed by atoms with Gasteiger partial charge in [0.05, 0.1) is 5.39 Å². The fraction of sp³-hybridized carbons (Fsp3) is 0.208. The summed E-state index contributed by atoms with van der Waals surface area (Å²) in [5, 5.41) is 2.90. The number of fused-ring (bicyclic) bond motifs is 1. The molecule has 3 heterocycles. The molecule has 30 heavy (non-hydrogen) atoms. The number of benzene rings is 1. The minimum atomic E-state index is -0.0757. The van der Waals surface area contributed by atoms with E-state index < -0.39 is 0 Å². The van der Waals surface area contributed by atoms with Crippen molar-refractivity contribution in [3.05, 3.63) is 77.2 Å². The van der Waals surface area contributed by atoms with Gasteiger partial charge in [-0.25, -0.2) is 9.97 Å². The van der Waals surface area contributed by atoms with Gasteiger partial charge in [0, 0.05) is 34.4 Å². The summed E-state index contributed by atoms with van der Waals surface area (Å²) in [6, 6.07) is 10.2. The number of thiophene rings is 1. The Labute approximate surface area is 179 Å². The van der Waals surface area contributed by atoms with Gasteiger partial charge in [-0.3, -0.25) is 4.79 Å². The summed E-state index contributed by atoms with van der Waals surface area (Å²) in [6.45, 7) is 10.4. The van der Waals surface area contributed by atoms with Gasteiger partial charge in [-0.1, -0.05) is 35.9 Å². The molecule has 3 aromatic heterocycles. The minimum Gasteiger partial charge on any atom is -0.469 e. The number of aryl methyl sites for hydroxylation is 2. The van der Waals surface area contributed by atoms with Gasteiger partial charge in [-0.2, -0.15) is 0 Å². The van der Waals surface area contributed by atoms with Crippen LogP contribution in [0.4, 0.5) is 0 Å². The highest BCUT2D eigenvalue weighted by Crippen LogP contribution is 2.37. The van der Waals surface area contributed by atoms with Gasteiger partial charge >= 0.3 is 0 Å². The van der Waals surface area contributed by atoms with E-state index in [4.69, 9.17) is 4.74 Å². The van der Waals surface area contributed by atoms with Crippen molar-refractivity contribution in [2.24, 2.45) is 0 Å². The second-order valence-electron chi connectivity index (χ2n) is 7.27. The topological polar surface area (TPSA) is 57.0 Å². The SMILES string of the molecule is C=CCn1c(C)cc(C(=O)COc2ncnc3scc(-c4ccc(C)cc4)c23)c1C. The van der Waals surface area contributed by atoms with Crippen molar-refractivity contribution >= 4 is 27.3 Å². The average molecular weight is 418 g/mol. The van der Waals surface area contributed by atoms with Crippen LogP contribution in [0.3, 0.4) is 0 Å². The zero-order valence-electron chi connectivity index (χ0n) is 17.3. The van der Waals surface area contributed by atoms with Crippen molar-refractivity contribution in [3.63, 3.8) is 0 Å². The normalized spacial score (nSPS) is 11.0. The zero-order chi connectivity index (χ0) is 21.3. The highest BCUT2D eigenvalue weighted by Gasteiger charge is 2.18. The Morgan fingerprint density at radius 1 is 1.20 bits per heavy atom. The van der Waals surface area contributed by atoms with Crippen LogP contribution in [0.25, 0.3) is 21.3 Å². The summed E-state index contributed by atoms with van der Waals surface area (Å²) >= 11 is 1.54. The lowest BCUT2D eigenvalue weighted by Crippen LogP contribution is -2.13. The summed E-state index contributed by atoms with van der Waals surface area (Å²) in [5.74, 6) is 0.363. The molecule has 0 spiro atoms. The first kappa shape index (κ1) is 20.0. The van der Waals surface area contributed by atoms with E-state index in [0.29, 0.717) is 18.0 Å². The third kappa shape index (κ3) is 3.66. The summed E-state index contributed by atoms with van der Waals surface area (Å²) in [7, 11) is 0. The molecule has 0 saturated carbocycles. The number of ether oxygens (including phenoxy) is 1. The van der Waals surface area contributed by atoms with E-state index in [1.165, 1.54) is 11.9 Å². The molecular weight excluding hydrogens is 394 g/mol. The number of hydrogen-bond donors (Lipinski definition) is 0. The molecule has 4 aromatic rings. The molecule has 0 bridgehead atoms. The lowest BCUT2D eigenvalue weighted by molar-refractivity contribution is 0.0918. The fourth-order valence-corrected chi connectivity index (χ4v) is 4.51. The maximum atomic E-state index is 12.9. The number of carbonyl (C=O) groups excluding carboxylic acids is 1. The molecular formula is C24H23N3O2S. The lowest BCUT2D eigenvalue weighted by Gasteiger charge is -2.09. The predicted octanol–water partition coefficient (Wildman–Crippen LogP) is 5.53. The first-order chi connectivity index (χ1) is 14.5. The van der Waals surface area contributed by atoms with E-state index in [-0.39, 0.29) is 12.4 Å². The van der Waals surface area contributed by atoms with Crippen LogP contribution in [0.1, 0.15) is 27.3 Å². The number of ketones is 1. The molecule has 0 radical (unpaired) electrons. The van der Waals surface area contributed by atoms with Crippen LogP contribution < -0.4 is 4.74 Å². The van der Waals surface area contributed by atoms with Gasteiger partial charge in [-0.05, 0) is 32.4 Å². The molecule has 0 fully saturated rings. The number of allylic oxidation sites excluding steroid dienone is 1. The Morgan fingerprint density at radius 2 is 1.97 bits per heavy atom. The Morgan fingerprint density at radius 3 is 2.70 bits per heavy atom. The zero-order valence-corrected chi connectivity index (χ0v) is 18.1. The molecule has 0 N–H and O–H groups in total. The fourth-order valence-electron chi connectivity index (χ4n) is 3.61. The second kappa shape index (κ2) is 8.24. The number of hydrogen-bond acceptors (Lipinski definition) is 5. The van der Waals surface area contributed by atoms with Crippen molar-refractivity contribution < 1.29 is 9.53 Å². The number of Topliss-reactive ketones (excluding diaryl/α,β-unsaturated/α-hetero) is 1. The number of carbonyl (C=O) groups is 1. The average Bonchev–Trinajstić information content (AvgIpc) is 3.30. The summed E-state index contributed by atoms with van der Waals surface area (Å²) in [5.41, 5.74) is 5.91. The Bertz CT molecular complexity index is 1240. The van der Waals surface area contributed by atoms with E-state index in [2.05, 4.69) is 57.7 Å². The van der Waals surface area contributed by atoms with Crippen molar-refractivity contribution in [2.45, 2.75) is 27.3 Å². The maximum Gasteiger partial charge on any atom is 0.226 e. The quantitative estimate of drug-likeness (QED) is 0.293. The monoisotopic (exact) mass is 417 g/mol. The van der Waals surface area contributed by atoms with Crippen LogP contribution in [0, 0.1) is 20.8 Å². The number of rotatable bonds is 7. The van der Waals surface area contributed by atoms with Gasteiger partial charge in [0.2, 0.25) is 11.7 Å². The standard InChI is InChI=1S/C24H23N3O2S/c1-5-10-27-16(3)11-19(17(27)4)21(28)12-29-23-22-20(13-30-24(22)26-14-25-23)18-8-6-15(2)7-9-18/h5-9,11,13-14H,1,10,12H2,2-4H3.